The van der Waals surface area contributed by atoms with Crippen LogP contribution < -0.4 is 10.6 Å². The lowest BCUT2D eigenvalue weighted by Gasteiger charge is -2.07. The number of aromatic nitrogens is 3. The summed E-state index contributed by atoms with van der Waals surface area (Å²) in [4.78, 5) is 15.7. The monoisotopic (exact) mass is 283 g/mol. The summed E-state index contributed by atoms with van der Waals surface area (Å²) in [6.07, 6.45) is 6.77. The highest BCUT2D eigenvalue weighted by Gasteiger charge is 2.05. The van der Waals surface area contributed by atoms with Crippen LogP contribution in [0.4, 0.5) is 4.79 Å². The molecule has 0 fully saturated rings. The second kappa shape index (κ2) is 6.57. The molecule has 0 bridgehead atoms. The van der Waals surface area contributed by atoms with E-state index in [2.05, 4.69) is 26.6 Å². The lowest BCUT2D eigenvalue weighted by Crippen LogP contribution is -2.35. The smallest absolute Gasteiger partial charge is 0.315 e. The van der Waals surface area contributed by atoms with E-state index in [1.165, 1.54) is 0 Å². The van der Waals surface area contributed by atoms with Gasteiger partial charge in [-0.05, 0) is 31.5 Å². The lowest BCUT2D eigenvalue weighted by atomic mass is 10.3. The van der Waals surface area contributed by atoms with E-state index in [9.17, 15) is 4.79 Å². The Morgan fingerprint density at radius 2 is 2.19 bits per heavy atom. The summed E-state index contributed by atoms with van der Waals surface area (Å²) < 4.78 is 1.78. The van der Waals surface area contributed by atoms with Gasteiger partial charge in [-0.25, -0.2) is 14.5 Å². The summed E-state index contributed by atoms with van der Waals surface area (Å²) in [6.45, 7) is 4.52. The molecule has 2 rings (SSSR count). The van der Waals surface area contributed by atoms with Crippen LogP contribution in [0.5, 0.6) is 0 Å². The van der Waals surface area contributed by atoms with Crippen LogP contribution in [0.3, 0.4) is 0 Å². The molecule has 2 heterocycles. The zero-order valence-corrected chi connectivity index (χ0v) is 12.1. The molecule has 2 N–H and O–H groups in total. The van der Waals surface area contributed by atoms with Crippen LogP contribution in [0.25, 0.3) is 5.82 Å². The maximum atomic E-state index is 11.4. The van der Waals surface area contributed by atoms with Gasteiger partial charge in [0.25, 0.3) is 0 Å². The molecule has 0 aromatic carbocycles. The SMILES string of the molecule is C#CCNC(=O)NCc1ccc(-n2nc(C)cc2C)nc1. The van der Waals surface area contributed by atoms with Crippen molar-refractivity contribution in [3.8, 4) is 18.2 Å². The summed E-state index contributed by atoms with van der Waals surface area (Å²) in [5, 5.41) is 9.60. The quantitative estimate of drug-likeness (QED) is 0.831. The lowest BCUT2D eigenvalue weighted by molar-refractivity contribution is 0.241. The predicted octanol–water partition coefficient (Wildman–Crippen LogP) is 1.32. The highest BCUT2D eigenvalue weighted by Crippen LogP contribution is 2.10. The molecule has 0 aliphatic heterocycles. The average molecular weight is 283 g/mol. The van der Waals surface area contributed by atoms with Crippen molar-refractivity contribution < 1.29 is 4.79 Å². The maximum absolute atomic E-state index is 11.4. The van der Waals surface area contributed by atoms with Crippen molar-refractivity contribution in [3.63, 3.8) is 0 Å². The van der Waals surface area contributed by atoms with Crippen LogP contribution in [0.15, 0.2) is 24.4 Å². The molecule has 2 aromatic rings. The van der Waals surface area contributed by atoms with Crippen LogP contribution in [0.2, 0.25) is 0 Å². The van der Waals surface area contributed by atoms with Gasteiger partial charge in [0, 0.05) is 18.4 Å². The molecule has 6 heteroatoms. The van der Waals surface area contributed by atoms with Crippen LogP contribution in [-0.4, -0.2) is 27.3 Å². The molecule has 0 aliphatic carbocycles. The van der Waals surface area contributed by atoms with Crippen LogP contribution in [0.1, 0.15) is 17.0 Å². The third kappa shape index (κ3) is 3.83. The van der Waals surface area contributed by atoms with Crippen molar-refractivity contribution >= 4 is 6.03 Å². The van der Waals surface area contributed by atoms with Crippen molar-refractivity contribution in [2.45, 2.75) is 20.4 Å². The summed E-state index contributed by atoms with van der Waals surface area (Å²) >= 11 is 0. The normalized spacial score (nSPS) is 9.95. The molecule has 0 spiro atoms. The number of aryl methyl sites for hydroxylation is 2. The number of amides is 2. The fourth-order valence-electron chi connectivity index (χ4n) is 1.88. The van der Waals surface area contributed by atoms with E-state index in [-0.39, 0.29) is 12.6 Å². The minimum absolute atomic E-state index is 0.209. The van der Waals surface area contributed by atoms with Gasteiger partial charge in [0.05, 0.1) is 12.2 Å². The van der Waals surface area contributed by atoms with Crippen LogP contribution >= 0.6 is 0 Å². The Labute approximate surface area is 123 Å². The molecular formula is C15H17N5O. The Kier molecular flexibility index (Phi) is 4.57. The van der Waals surface area contributed by atoms with Gasteiger partial charge in [0.1, 0.15) is 0 Å². The molecular weight excluding hydrogens is 266 g/mol. The minimum atomic E-state index is -0.296. The number of urea groups is 1. The number of nitrogens with zero attached hydrogens (tertiary/aromatic N) is 3. The van der Waals surface area contributed by atoms with E-state index in [4.69, 9.17) is 6.42 Å². The number of carbonyl (C=O) groups is 1. The number of rotatable bonds is 4. The second-order valence-corrected chi connectivity index (χ2v) is 4.60. The van der Waals surface area contributed by atoms with Crippen LogP contribution in [-0.2, 0) is 6.54 Å². The van der Waals surface area contributed by atoms with Gasteiger partial charge in [-0.3, -0.25) is 0 Å². The Balaban J connectivity index is 1.98. The summed E-state index contributed by atoms with van der Waals surface area (Å²) in [5.41, 5.74) is 2.88. The van der Waals surface area contributed by atoms with Gasteiger partial charge in [-0.2, -0.15) is 5.10 Å². The first-order valence-corrected chi connectivity index (χ1v) is 6.54. The van der Waals surface area contributed by atoms with E-state index in [1.54, 1.807) is 10.9 Å². The van der Waals surface area contributed by atoms with E-state index < -0.39 is 0 Å². The van der Waals surface area contributed by atoms with Gasteiger partial charge in [0.2, 0.25) is 0 Å². The zero-order valence-electron chi connectivity index (χ0n) is 12.1. The van der Waals surface area contributed by atoms with Gasteiger partial charge in [-0.15, -0.1) is 6.42 Å². The number of carbonyl (C=O) groups excluding carboxylic acids is 1. The first kappa shape index (κ1) is 14.6. The van der Waals surface area contributed by atoms with Gasteiger partial charge in [-0.1, -0.05) is 12.0 Å². The predicted molar refractivity (Wildman–Crippen MR) is 79.9 cm³/mol. The van der Waals surface area contributed by atoms with Crippen molar-refractivity contribution in [2.75, 3.05) is 6.54 Å². The summed E-state index contributed by atoms with van der Waals surface area (Å²) in [7, 11) is 0. The molecule has 0 unspecified atom stereocenters. The van der Waals surface area contributed by atoms with E-state index in [0.717, 1.165) is 22.8 Å². The van der Waals surface area contributed by atoms with Crippen molar-refractivity contribution in [1.82, 2.24) is 25.4 Å². The summed E-state index contributed by atoms with van der Waals surface area (Å²) in [6, 6.07) is 5.47. The van der Waals surface area contributed by atoms with Crippen molar-refractivity contribution in [3.05, 3.63) is 41.3 Å². The molecule has 0 radical (unpaired) electrons. The fourth-order valence-corrected chi connectivity index (χ4v) is 1.88. The number of nitrogens with one attached hydrogen (secondary N) is 2. The highest BCUT2D eigenvalue weighted by molar-refractivity contribution is 5.74. The Bertz CT molecular complexity index is 666. The topological polar surface area (TPSA) is 71.8 Å². The van der Waals surface area contributed by atoms with E-state index in [1.807, 2.05) is 32.0 Å². The van der Waals surface area contributed by atoms with Gasteiger partial charge >= 0.3 is 6.03 Å². The third-order valence-corrected chi connectivity index (χ3v) is 2.84. The molecule has 21 heavy (non-hydrogen) atoms. The number of hydrogen-bond donors (Lipinski definition) is 2. The summed E-state index contributed by atoms with van der Waals surface area (Å²) in [5.74, 6) is 3.09. The zero-order chi connectivity index (χ0) is 15.2. The van der Waals surface area contributed by atoms with Gasteiger partial charge in [0.15, 0.2) is 5.82 Å². The highest BCUT2D eigenvalue weighted by atomic mass is 16.2. The fraction of sp³-hybridized carbons (Fsp3) is 0.267. The minimum Gasteiger partial charge on any atom is -0.334 e. The molecule has 2 aromatic heterocycles. The Hall–Kier alpha value is -2.81. The van der Waals surface area contributed by atoms with Gasteiger partial charge < -0.3 is 10.6 Å². The molecule has 0 saturated heterocycles. The molecule has 2 amide bonds. The standard InChI is InChI=1S/C15H17N5O/c1-4-7-16-15(21)18-10-13-5-6-14(17-9-13)20-12(3)8-11(2)19-20/h1,5-6,8-9H,7,10H2,2-3H3,(H2,16,18,21). The largest absolute Gasteiger partial charge is 0.334 e. The number of terminal acetylenes is 1. The third-order valence-electron chi connectivity index (χ3n) is 2.84. The average Bonchev–Trinajstić information content (AvgIpc) is 2.82. The molecule has 6 nitrogen and oxygen atoms in total. The van der Waals surface area contributed by atoms with E-state index >= 15 is 0 Å². The second-order valence-electron chi connectivity index (χ2n) is 4.60. The van der Waals surface area contributed by atoms with Crippen molar-refractivity contribution in [1.29, 1.82) is 0 Å². The maximum Gasteiger partial charge on any atom is 0.315 e. The molecule has 0 saturated carbocycles. The first-order chi connectivity index (χ1) is 10.1. The van der Waals surface area contributed by atoms with Crippen molar-refractivity contribution in [2.24, 2.45) is 0 Å². The Morgan fingerprint density at radius 3 is 2.76 bits per heavy atom. The van der Waals surface area contributed by atoms with E-state index in [0.29, 0.717) is 6.54 Å². The number of hydrogen-bond acceptors (Lipinski definition) is 3. The first-order valence-electron chi connectivity index (χ1n) is 6.54. The number of pyridine rings is 1. The Morgan fingerprint density at radius 1 is 1.38 bits per heavy atom. The molecule has 0 atom stereocenters. The molecule has 108 valence electrons. The molecule has 0 aliphatic rings. The van der Waals surface area contributed by atoms with Crippen LogP contribution in [0, 0.1) is 26.2 Å².